The molecule has 17 heavy (non-hydrogen) atoms. The minimum Gasteiger partial charge on any atom is -0.380 e. The second-order valence-electron chi connectivity index (χ2n) is 4.48. The van der Waals surface area contributed by atoms with Crippen LogP contribution in [0.25, 0.3) is 0 Å². The van der Waals surface area contributed by atoms with Crippen molar-refractivity contribution < 1.29 is 4.74 Å². The molecule has 0 aliphatic rings. The molecule has 1 aromatic carbocycles. The lowest BCUT2D eigenvalue weighted by Crippen LogP contribution is -2.21. The molecule has 0 spiro atoms. The molecule has 0 aliphatic heterocycles. The highest BCUT2D eigenvalue weighted by molar-refractivity contribution is 5.21. The quantitative estimate of drug-likeness (QED) is 0.699. The van der Waals surface area contributed by atoms with Crippen LogP contribution < -0.4 is 5.73 Å². The molecule has 0 radical (unpaired) electrons. The Kier molecular flexibility index (Phi) is 6.86. The minimum absolute atomic E-state index is 0.610. The molecule has 0 saturated carbocycles. The molecular weight excluding hydrogens is 212 g/mol. The van der Waals surface area contributed by atoms with Crippen LogP contribution in [0.5, 0.6) is 0 Å². The average Bonchev–Trinajstić information content (AvgIpc) is 2.29. The minimum atomic E-state index is 0.610. The summed E-state index contributed by atoms with van der Waals surface area (Å²) in [5.74, 6) is 0. The topological polar surface area (TPSA) is 38.5 Å². The lowest BCUT2D eigenvalue weighted by atomic mass is 10.1. The summed E-state index contributed by atoms with van der Waals surface area (Å²) in [5, 5.41) is 0. The molecule has 0 atom stereocenters. The molecule has 3 nitrogen and oxygen atoms in total. The molecule has 96 valence electrons. The molecule has 0 bridgehead atoms. The van der Waals surface area contributed by atoms with Crippen molar-refractivity contribution in [3.8, 4) is 0 Å². The third-order valence-electron chi connectivity index (χ3n) is 2.63. The third-order valence-corrected chi connectivity index (χ3v) is 2.63. The second kappa shape index (κ2) is 8.23. The van der Waals surface area contributed by atoms with Gasteiger partial charge in [0.25, 0.3) is 0 Å². The maximum absolute atomic E-state index is 5.35. The summed E-state index contributed by atoms with van der Waals surface area (Å²) in [4.78, 5) is 2.32. The van der Waals surface area contributed by atoms with Crippen molar-refractivity contribution in [1.82, 2.24) is 4.90 Å². The SMILES string of the molecule is Cc1cccc(CN(C)CCCOCCN)c1. The van der Waals surface area contributed by atoms with Crippen LogP contribution in [0.2, 0.25) is 0 Å². The van der Waals surface area contributed by atoms with Gasteiger partial charge in [0, 0.05) is 26.2 Å². The summed E-state index contributed by atoms with van der Waals surface area (Å²) in [7, 11) is 2.14. The zero-order chi connectivity index (χ0) is 12.5. The second-order valence-corrected chi connectivity index (χ2v) is 4.48. The van der Waals surface area contributed by atoms with Crippen molar-refractivity contribution in [2.45, 2.75) is 19.9 Å². The molecule has 1 aromatic rings. The highest BCUT2D eigenvalue weighted by Gasteiger charge is 2.00. The van der Waals surface area contributed by atoms with Gasteiger partial charge in [0.15, 0.2) is 0 Å². The number of nitrogens with two attached hydrogens (primary N) is 1. The number of aryl methyl sites for hydroxylation is 1. The van der Waals surface area contributed by atoms with E-state index in [1.807, 2.05) is 0 Å². The van der Waals surface area contributed by atoms with E-state index in [9.17, 15) is 0 Å². The van der Waals surface area contributed by atoms with Crippen LogP contribution in [-0.4, -0.2) is 38.3 Å². The predicted molar refractivity (Wildman–Crippen MR) is 72.0 cm³/mol. The van der Waals surface area contributed by atoms with Crippen LogP contribution in [-0.2, 0) is 11.3 Å². The van der Waals surface area contributed by atoms with Gasteiger partial charge < -0.3 is 15.4 Å². The van der Waals surface area contributed by atoms with Gasteiger partial charge in [-0.2, -0.15) is 0 Å². The van der Waals surface area contributed by atoms with E-state index in [-0.39, 0.29) is 0 Å². The van der Waals surface area contributed by atoms with E-state index in [0.29, 0.717) is 13.2 Å². The fraction of sp³-hybridized carbons (Fsp3) is 0.571. The van der Waals surface area contributed by atoms with Gasteiger partial charge in [0.05, 0.1) is 6.61 Å². The normalized spacial score (nSPS) is 11.1. The maximum atomic E-state index is 5.35. The Balaban J connectivity index is 2.18. The predicted octanol–water partition coefficient (Wildman–Crippen LogP) is 1.79. The summed E-state index contributed by atoms with van der Waals surface area (Å²) in [6.45, 7) is 6.26. The van der Waals surface area contributed by atoms with Crippen molar-refractivity contribution in [3.63, 3.8) is 0 Å². The molecule has 0 heterocycles. The highest BCUT2D eigenvalue weighted by atomic mass is 16.5. The summed E-state index contributed by atoms with van der Waals surface area (Å²) >= 11 is 0. The van der Waals surface area contributed by atoms with Crippen molar-refractivity contribution in [3.05, 3.63) is 35.4 Å². The summed E-state index contributed by atoms with van der Waals surface area (Å²) < 4.78 is 5.35. The van der Waals surface area contributed by atoms with E-state index < -0.39 is 0 Å². The first-order valence-electron chi connectivity index (χ1n) is 6.24. The van der Waals surface area contributed by atoms with E-state index in [2.05, 4.69) is 43.1 Å². The Morgan fingerprint density at radius 1 is 1.29 bits per heavy atom. The first-order chi connectivity index (χ1) is 8.22. The van der Waals surface area contributed by atoms with Crippen molar-refractivity contribution in [2.75, 3.05) is 33.4 Å². The van der Waals surface area contributed by atoms with Crippen molar-refractivity contribution in [1.29, 1.82) is 0 Å². The van der Waals surface area contributed by atoms with Crippen LogP contribution in [0.1, 0.15) is 17.5 Å². The molecule has 0 unspecified atom stereocenters. The Labute approximate surface area is 105 Å². The summed E-state index contributed by atoms with van der Waals surface area (Å²) in [6, 6.07) is 8.66. The summed E-state index contributed by atoms with van der Waals surface area (Å²) in [5.41, 5.74) is 8.04. The van der Waals surface area contributed by atoms with Gasteiger partial charge in [-0.15, -0.1) is 0 Å². The smallest absolute Gasteiger partial charge is 0.0588 e. The zero-order valence-electron chi connectivity index (χ0n) is 11.0. The van der Waals surface area contributed by atoms with Gasteiger partial charge in [0.1, 0.15) is 0 Å². The summed E-state index contributed by atoms with van der Waals surface area (Å²) in [6.07, 6.45) is 1.06. The standard InChI is InChI=1S/C14H24N2O/c1-13-5-3-6-14(11-13)12-16(2)8-4-9-17-10-7-15/h3,5-6,11H,4,7-10,12,15H2,1-2H3. The van der Waals surface area contributed by atoms with E-state index in [0.717, 1.165) is 26.1 Å². The molecule has 0 amide bonds. The molecule has 0 aromatic heterocycles. The van der Waals surface area contributed by atoms with Gasteiger partial charge in [-0.25, -0.2) is 0 Å². The molecule has 0 aliphatic carbocycles. The maximum Gasteiger partial charge on any atom is 0.0588 e. The van der Waals surface area contributed by atoms with E-state index >= 15 is 0 Å². The molecule has 1 rings (SSSR count). The number of benzene rings is 1. The number of nitrogens with zero attached hydrogens (tertiary/aromatic N) is 1. The average molecular weight is 236 g/mol. The van der Waals surface area contributed by atoms with Crippen molar-refractivity contribution >= 4 is 0 Å². The first-order valence-corrected chi connectivity index (χ1v) is 6.24. The molecular formula is C14H24N2O. The Bertz CT molecular complexity index is 315. The lowest BCUT2D eigenvalue weighted by molar-refractivity contribution is 0.129. The third kappa shape index (κ3) is 6.41. The van der Waals surface area contributed by atoms with Crippen LogP contribution in [0.3, 0.4) is 0 Å². The largest absolute Gasteiger partial charge is 0.380 e. The molecule has 0 saturated heterocycles. The van der Waals surface area contributed by atoms with Crippen LogP contribution in [0.15, 0.2) is 24.3 Å². The van der Waals surface area contributed by atoms with Crippen molar-refractivity contribution in [2.24, 2.45) is 5.73 Å². The first kappa shape index (κ1) is 14.2. The number of hydrogen-bond donors (Lipinski definition) is 1. The van der Waals surface area contributed by atoms with Crippen LogP contribution in [0.4, 0.5) is 0 Å². The number of ether oxygens (including phenoxy) is 1. The Morgan fingerprint density at radius 3 is 2.82 bits per heavy atom. The van der Waals surface area contributed by atoms with Crippen LogP contribution in [0, 0.1) is 6.92 Å². The van der Waals surface area contributed by atoms with Gasteiger partial charge in [0.2, 0.25) is 0 Å². The molecule has 3 heteroatoms. The Hall–Kier alpha value is -0.900. The van der Waals surface area contributed by atoms with Gasteiger partial charge in [-0.1, -0.05) is 29.8 Å². The van der Waals surface area contributed by atoms with E-state index in [1.165, 1.54) is 11.1 Å². The number of hydrogen-bond acceptors (Lipinski definition) is 3. The molecule has 2 N–H and O–H groups in total. The van der Waals surface area contributed by atoms with Gasteiger partial charge in [-0.05, 0) is 26.0 Å². The lowest BCUT2D eigenvalue weighted by Gasteiger charge is -2.16. The number of rotatable bonds is 8. The highest BCUT2D eigenvalue weighted by Crippen LogP contribution is 2.06. The van der Waals surface area contributed by atoms with Gasteiger partial charge >= 0.3 is 0 Å². The monoisotopic (exact) mass is 236 g/mol. The van der Waals surface area contributed by atoms with E-state index in [1.54, 1.807) is 0 Å². The fourth-order valence-electron chi connectivity index (χ4n) is 1.82. The zero-order valence-corrected chi connectivity index (χ0v) is 11.0. The fourth-order valence-corrected chi connectivity index (χ4v) is 1.82. The van der Waals surface area contributed by atoms with Gasteiger partial charge in [-0.3, -0.25) is 0 Å². The van der Waals surface area contributed by atoms with E-state index in [4.69, 9.17) is 10.5 Å². The molecule has 0 fully saturated rings. The Morgan fingerprint density at radius 2 is 2.12 bits per heavy atom. The van der Waals surface area contributed by atoms with Crippen LogP contribution >= 0.6 is 0 Å².